The summed E-state index contributed by atoms with van der Waals surface area (Å²) in [7, 11) is 1.70. The number of nitrogens with zero attached hydrogens (tertiary/aromatic N) is 3. The lowest BCUT2D eigenvalue weighted by Gasteiger charge is -2.19. The molecule has 0 spiro atoms. The highest BCUT2D eigenvalue weighted by atomic mass is 19.1. The van der Waals surface area contributed by atoms with E-state index in [-0.39, 0.29) is 17.8 Å². The molecule has 6 heteroatoms. The van der Waals surface area contributed by atoms with Gasteiger partial charge in [-0.15, -0.1) is 0 Å². The summed E-state index contributed by atoms with van der Waals surface area (Å²) in [5, 5.41) is 7.30. The Kier molecular flexibility index (Phi) is 7.33. The summed E-state index contributed by atoms with van der Waals surface area (Å²) in [4.78, 5) is 14.9. The summed E-state index contributed by atoms with van der Waals surface area (Å²) in [5.74, 6) is -0.528. The van der Waals surface area contributed by atoms with Gasteiger partial charge in [0, 0.05) is 18.7 Å². The zero-order chi connectivity index (χ0) is 19.1. The van der Waals surface area contributed by atoms with Crippen LogP contribution in [0, 0.1) is 5.82 Å². The summed E-state index contributed by atoms with van der Waals surface area (Å²) in [6.07, 6.45) is 1.95. The van der Waals surface area contributed by atoms with Crippen molar-refractivity contribution in [1.29, 1.82) is 0 Å². The van der Waals surface area contributed by atoms with Crippen molar-refractivity contribution in [3.63, 3.8) is 0 Å². The van der Waals surface area contributed by atoms with Crippen LogP contribution in [-0.4, -0.2) is 46.3 Å². The first-order valence-electron chi connectivity index (χ1n) is 9.28. The molecular weight excluding hydrogens is 331 g/mol. The third-order valence-electron chi connectivity index (χ3n) is 4.65. The molecule has 142 valence electrons. The van der Waals surface area contributed by atoms with Gasteiger partial charge in [-0.2, -0.15) is 5.10 Å². The number of carbonyl (C=O) groups is 1. The minimum atomic E-state index is -0.345. The number of hydrogen-bond acceptors (Lipinski definition) is 3. The van der Waals surface area contributed by atoms with Crippen molar-refractivity contribution in [1.82, 2.24) is 20.0 Å². The number of benzene rings is 1. The summed E-state index contributed by atoms with van der Waals surface area (Å²) < 4.78 is 15.4. The van der Waals surface area contributed by atoms with Gasteiger partial charge in [0.25, 0.3) is 5.91 Å². The molecule has 5 nitrogen and oxygen atoms in total. The fourth-order valence-corrected chi connectivity index (χ4v) is 3.01. The fraction of sp³-hybridized carbons (Fsp3) is 0.500. The molecule has 0 aliphatic heterocycles. The SMILES string of the molecule is CCN(CC)CCCC(C)NC(=O)c1cc(-c2ccccc2F)nn1C. The van der Waals surface area contributed by atoms with E-state index in [1.165, 1.54) is 10.7 Å². The van der Waals surface area contributed by atoms with Crippen LogP contribution in [0.4, 0.5) is 4.39 Å². The van der Waals surface area contributed by atoms with Crippen LogP contribution in [-0.2, 0) is 7.05 Å². The molecule has 2 rings (SSSR count). The smallest absolute Gasteiger partial charge is 0.269 e. The van der Waals surface area contributed by atoms with Crippen LogP contribution in [0.3, 0.4) is 0 Å². The number of rotatable bonds is 9. The number of aryl methyl sites for hydroxylation is 1. The molecule has 0 saturated carbocycles. The first-order valence-corrected chi connectivity index (χ1v) is 9.28. The second-order valence-electron chi connectivity index (χ2n) is 6.56. The molecule has 0 bridgehead atoms. The fourth-order valence-electron chi connectivity index (χ4n) is 3.01. The Bertz CT molecular complexity index is 724. The van der Waals surface area contributed by atoms with Crippen molar-refractivity contribution in [2.45, 2.75) is 39.7 Å². The minimum Gasteiger partial charge on any atom is -0.348 e. The van der Waals surface area contributed by atoms with E-state index in [4.69, 9.17) is 0 Å². The maximum absolute atomic E-state index is 13.9. The van der Waals surface area contributed by atoms with Gasteiger partial charge in [-0.1, -0.05) is 26.0 Å². The molecule has 1 aromatic heterocycles. The molecule has 1 unspecified atom stereocenters. The molecule has 0 radical (unpaired) electrons. The van der Waals surface area contributed by atoms with Gasteiger partial charge >= 0.3 is 0 Å². The van der Waals surface area contributed by atoms with E-state index in [9.17, 15) is 9.18 Å². The van der Waals surface area contributed by atoms with E-state index in [0.29, 0.717) is 17.0 Å². The normalized spacial score (nSPS) is 12.4. The van der Waals surface area contributed by atoms with Gasteiger partial charge in [-0.25, -0.2) is 4.39 Å². The zero-order valence-electron chi connectivity index (χ0n) is 16.1. The summed E-state index contributed by atoms with van der Waals surface area (Å²) in [6.45, 7) is 9.45. The zero-order valence-corrected chi connectivity index (χ0v) is 16.1. The van der Waals surface area contributed by atoms with Crippen LogP contribution in [0.15, 0.2) is 30.3 Å². The van der Waals surface area contributed by atoms with Crippen molar-refractivity contribution >= 4 is 5.91 Å². The van der Waals surface area contributed by atoms with E-state index in [1.54, 1.807) is 31.3 Å². The highest BCUT2D eigenvalue weighted by Crippen LogP contribution is 2.22. The van der Waals surface area contributed by atoms with E-state index < -0.39 is 0 Å². The number of aromatic nitrogens is 2. The second kappa shape index (κ2) is 9.48. The van der Waals surface area contributed by atoms with Crippen LogP contribution in [0.1, 0.15) is 44.1 Å². The molecule has 2 aromatic rings. The Morgan fingerprint density at radius 2 is 2.00 bits per heavy atom. The van der Waals surface area contributed by atoms with Crippen molar-refractivity contribution in [3.8, 4) is 11.3 Å². The van der Waals surface area contributed by atoms with Gasteiger partial charge in [0.15, 0.2) is 0 Å². The first kappa shape index (κ1) is 20.1. The second-order valence-corrected chi connectivity index (χ2v) is 6.56. The Morgan fingerprint density at radius 1 is 1.31 bits per heavy atom. The van der Waals surface area contributed by atoms with Crippen molar-refractivity contribution in [3.05, 3.63) is 41.8 Å². The third-order valence-corrected chi connectivity index (χ3v) is 4.65. The number of amides is 1. The molecule has 0 fully saturated rings. The molecule has 1 amide bonds. The molecule has 0 saturated heterocycles. The molecule has 26 heavy (non-hydrogen) atoms. The molecule has 1 heterocycles. The molecule has 1 atom stereocenters. The van der Waals surface area contributed by atoms with Crippen LogP contribution < -0.4 is 5.32 Å². The number of carbonyl (C=O) groups excluding carboxylic acids is 1. The van der Waals surface area contributed by atoms with Crippen LogP contribution in [0.5, 0.6) is 0 Å². The largest absolute Gasteiger partial charge is 0.348 e. The van der Waals surface area contributed by atoms with E-state index in [0.717, 1.165) is 32.5 Å². The number of hydrogen-bond donors (Lipinski definition) is 1. The Labute approximate surface area is 155 Å². The Hall–Kier alpha value is -2.21. The topological polar surface area (TPSA) is 50.2 Å². The van der Waals surface area contributed by atoms with Gasteiger partial charge in [-0.3, -0.25) is 9.48 Å². The van der Waals surface area contributed by atoms with Crippen LogP contribution >= 0.6 is 0 Å². The average Bonchev–Trinajstić information content (AvgIpc) is 3.00. The van der Waals surface area contributed by atoms with Crippen LogP contribution in [0.2, 0.25) is 0 Å². The van der Waals surface area contributed by atoms with E-state index >= 15 is 0 Å². The highest BCUT2D eigenvalue weighted by molar-refractivity contribution is 5.93. The van der Waals surface area contributed by atoms with Gasteiger partial charge in [0.2, 0.25) is 0 Å². The minimum absolute atomic E-state index is 0.0740. The summed E-state index contributed by atoms with van der Waals surface area (Å²) in [5.41, 5.74) is 1.29. The first-order chi connectivity index (χ1) is 12.5. The average molecular weight is 360 g/mol. The lowest BCUT2D eigenvalue weighted by Crippen LogP contribution is -2.34. The Balaban J connectivity index is 1.96. The Morgan fingerprint density at radius 3 is 2.65 bits per heavy atom. The lowest BCUT2D eigenvalue weighted by atomic mass is 10.1. The van der Waals surface area contributed by atoms with Crippen molar-refractivity contribution < 1.29 is 9.18 Å². The highest BCUT2D eigenvalue weighted by Gasteiger charge is 2.17. The predicted octanol–water partition coefficient (Wildman–Crippen LogP) is 3.47. The van der Waals surface area contributed by atoms with E-state index in [1.807, 2.05) is 6.92 Å². The van der Waals surface area contributed by atoms with Crippen molar-refractivity contribution in [2.75, 3.05) is 19.6 Å². The molecule has 0 aliphatic rings. The van der Waals surface area contributed by atoms with Gasteiger partial charge in [0.1, 0.15) is 11.5 Å². The maximum atomic E-state index is 13.9. The third kappa shape index (κ3) is 5.14. The summed E-state index contributed by atoms with van der Waals surface area (Å²) in [6, 6.07) is 8.15. The number of nitrogens with one attached hydrogen (secondary N) is 1. The predicted molar refractivity (Wildman–Crippen MR) is 103 cm³/mol. The lowest BCUT2D eigenvalue weighted by molar-refractivity contribution is 0.0927. The van der Waals surface area contributed by atoms with Crippen LogP contribution in [0.25, 0.3) is 11.3 Å². The standard InChI is InChI=1S/C20H29FN4O/c1-5-25(6-2)13-9-10-15(3)22-20(26)19-14-18(23-24(19)4)16-11-7-8-12-17(16)21/h7-8,11-12,14-15H,5-6,9-10,13H2,1-4H3,(H,22,26). The summed E-state index contributed by atoms with van der Waals surface area (Å²) >= 11 is 0. The van der Waals surface area contributed by atoms with Gasteiger partial charge in [0.05, 0.1) is 5.69 Å². The number of halogens is 1. The maximum Gasteiger partial charge on any atom is 0.269 e. The quantitative estimate of drug-likeness (QED) is 0.745. The van der Waals surface area contributed by atoms with E-state index in [2.05, 4.69) is 29.2 Å². The van der Waals surface area contributed by atoms with Gasteiger partial charge < -0.3 is 10.2 Å². The molecule has 0 aliphatic carbocycles. The monoisotopic (exact) mass is 360 g/mol. The van der Waals surface area contributed by atoms with Crippen molar-refractivity contribution in [2.24, 2.45) is 7.05 Å². The van der Waals surface area contributed by atoms with Gasteiger partial charge in [-0.05, 0) is 57.6 Å². The molecular formula is C20H29FN4O. The molecule has 1 N–H and O–H groups in total. The molecule has 1 aromatic carbocycles.